The smallest absolute Gasteiger partial charge is 0.227 e. The quantitative estimate of drug-likeness (QED) is 0.593. The summed E-state index contributed by atoms with van der Waals surface area (Å²) >= 11 is 4.83. The van der Waals surface area contributed by atoms with Gasteiger partial charge >= 0.3 is 0 Å². The van der Waals surface area contributed by atoms with Gasteiger partial charge in [-0.1, -0.05) is 27.2 Å². The third kappa shape index (κ3) is 4.52. The summed E-state index contributed by atoms with van der Waals surface area (Å²) in [6, 6.07) is 8.49. The Morgan fingerprint density at radius 3 is 3.00 bits per heavy atom. The summed E-state index contributed by atoms with van der Waals surface area (Å²) in [5.74, 6) is 0.497. The fourth-order valence-corrected chi connectivity index (χ4v) is 3.33. The van der Waals surface area contributed by atoms with Gasteiger partial charge < -0.3 is 9.42 Å². The molecule has 130 valence electrons. The fourth-order valence-electron chi connectivity index (χ4n) is 2.28. The van der Waals surface area contributed by atoms with E-state index in [1.54, 1.807) is 19.2 Å². The van der Waals surface area contributed by atoms with Gasteiger partial charge in [0.05, 0.1) is 4.88 Å². The topological polar surface area (TPSA) is 59.2 Å². The Bertz CT molecular complexity index is 867. The van der Waals surface area contributed by atoms with E-state index in [1.807, 2.05) is 17.5 Å². The standard InChI is InChI=1S/C17H15BrFN3O2S/c1-22(10-11-9-12(18)4-5-13(11)19)16(23)7-6-15-20-17(21-24-15)14-3-2-8-25-14/h2-5,8-9H,6-7,10H2,1H3. The molecule has 0 saturated carbocycles. The summed E-state index contributed by atoms with van der Waals surface area (Å²) < 4.78 is 19.7. The second-order valence-corrected chi connectivity index (χ2v) is 7.34. The van der Waals surface area contributed by atoms with Crippen LogP contribution in [0.2, 0.25) is 0 Å². The average Bonchev–Trinajstić information content (AvgIpc) is 3.26. The van der Waals surface area contributed by atoms with Gasteiger partial charge in [-0.15, -0.1) is 11.3 Å². The molecular weight excluding hydrogens is 409 g/mol. The predicted molar refractivity (Wildman–Crippen MR) is 96.5 cm³/mol. The van der Waals surface area contributed by atoms with Crippen LogP contribution < -0.4 is 0 Å². The molecule has 0 unspecified atom stereocenters. The Morgan fingerprint density at radius 2 is 2.24 bits per heavy atom. The zero-order chi connectivity index (χ0) is 17.8. The number of nitrogens with zero attached hydrogens (tertiary/aromatic N) is 3. The maximum Gasteiger partial charge on any atom is 0.227 e. The normalized spacial score (nSPS) is 10.8. The highest BCUT2D eigenvalue weighted by Gasteiger charge is 2.15. The highest BCUT2D eigenvalue weighted by Crippen LogP contribution is 2.22. The molecule has 2 heterocycles. The number of aryl methyl sites for hydroxylation is 1. The van der Waals surface area contributed by atoms with Crippen LogP contribution in [0.5, 0.6) is 0 Å². The van der Waals surface area contributed by atoms with Crippen molar-refractivity contribution in [2.45, 2.75) is 19.4 Å². The maximum absolute atomic E-state index is 13.8. The van der Waals surface area contributed by atoms with Gasteiger partial charge in [-0.3, -0.25) is 4.79 Å². The molecule has 1 amide bonds. The monoisotopic (exact) mass is 423 g/mol. The fraction of sp³-hybridized carbons (Fsp3) is 0.235. The number of aromatic nitrogens is 2. The lowest BCUT2D eigenvalue weighted by atomic mass is 10.2. The summed E-state index contributed by atoms with van der Waals surface area (Å²) in [7, 11) is 1.65. The number of halogens is 2. The number of hydrogen-bond donors (Lipinski definition) is 0. The van der Waals surface area contributed by atoms with Gasteiger partial charge in [0.2, 0.25) is 17.6 Å². The summed E-state index contributed by atoms with van der Waals surface area (Å²) in [6.07, 6.45) is 0.570. The van der Waals surface area contributed by atoms with Crippen LogP contribution in [0.4, 0.5) is 4.39 Å². The number of rotatable bonds is 6. The van der Waals surface area contributed by atoms with Crippen molar-refractivity contribution >= 4 is 33.2 Å². The molecule has 0 N–H and O–H groups in total. The van der Waals surface area contributed by atoms with Gasteiger partial charge in [-0.05, 0) is 29.6 Å². The number of carbonyl (C=O) groups is 1. The Morgan fingerprint density at radius 1 is 1.40 bits per heavy atom. The van der Waals surface area contributed by atoms with Gasteiger partial charge in [-0.2, -0.15) is 4.98 Å². The van der Waals surface area contributed by atoms with Gasteiger partial charge in [0.25, 0.3) is 0 Å². The number of hydrogen-bond acceptors (Lipinski definition) is 5. The van der Waals surface area contributed by atoms with E-state index in [1.165, 1.54) is 22.3 Å². The van der Waals surface area contributed by atoms with Crippen LogP contribution >= 0.6 is 27.3 Å². The lowest BCUT2D eigenvalue weighted by Crippen LogP contribution is -2.26. The molecule has 5 nitrogen and oxygen atoms in total. The maximum atomic E-state index is 13.8. The van der Waals surface area contributed by atoms with Gasteiger partial charge in [0.15, 0.2) is 0 Å². The Balaban J connectivity index is 1.56. The molecule has 0 spiro atoms. The molecule has 0 radical (unpaired) electrons. The van der Waals surface area contributed by atoms with E-state index >= 15 is 0 Å². The van der Waals surface area contributed by atoms with Crippen LogP contribution in [0.1, 0.15) is 17.9 Å². The van der Waals surface area contributed by atoms with E-state index in [4.69, 9.17) is 4.52 Å². The Labute approximate surface area is 156 Å². The molecule has 0 aliphatic carbocycles. The van der Waals surface area contributed by atoms with Gasteiger partial charge in [0, 0.05) is 36.5 Å². The SMILES string of the molecule is CN(Cc1cc(Br)ccc1F)C(=O)CCc1nc(-c2cccs2)no1. The molecule has 1 aromatic carbocycles. The number of amides is 1. The van der Waals surface area contributed by atoms with Crippen molar-refractivity contribution in [2.24, 2.45) is 0 Å². The predicted octanol–water partition coefficient (Wildman–Crippen LogP) is 4.29. The van der Waals surface area contributed by atoms with Crippen LogP contribution in [-0.4, -0.2) is 28.0 Å². The van der Waals surface area contributed by atoms with Crippen molar-refractivity contribution in [3.8, 4) is 10.7 Å². The minimum absolute atomic E-state index is 0.116. The molecule has 2 aromatic heterocycles. The number of benzene rings is 1. The van der Waals surface area contributed by atoms with E-state index in [9.17, 15) is 9.18 Å². The molecule has 25 heavy (non-hydrogen) atoms. The largest absolute Gasteiger partial charge is 0.341 e. The summed E-state index contributed by atoms with van der Waals surface area (Å²) in [4.78, 5) is 19.0. The molecule has 0 aliphatic rings. The summed E-state index contributed by atoms with van der Waals surface area (Å²) in [5.41, 5.74) is 0.461. The molecule has 8 heteroatoms. The molecule has 3 aromatic rings. The van der Waals surface area contributed by atoms with Gasteiger partial charge in [0.1, 0.15) is 5.82 Å². The lowest BCUT2D eigenvalue weighted by molar-refractivity contribution is -0.130. The van der Waals surface area contributed by atoms with Crippen LogP contribution in [0, 0.1) is 5.82 Å². The summed E-state index contributed by atoms with van der Waals surface area (Å²) in [6.45, 7) is 0.203. The molecule has 0 fully saturated rings. The number of thiophene rings is 1. The Hall–Kier alpha value is -2.06. The van der Waals surface area contributed by atoms with Crippen LogP contribution in [0.3, 0.4) is 0 Å². The molecular formula is C17H15BrFN3O2S. The first-order valence-electron chi connectivity index (χ1n) is 7.57. The van der Waals surface area contributed by atoms with Crippen molar-refractivity contribution in [1.29, 1.82) is 0 Å². The first-order chi connectivity index (χ1) is 12.0. The highest BCUT2D eigenvalue weighted by molar-refractivity contribution is 9.10. The first kappa shape index (κ1) is 17.8. The van der Waals surface area contributed by atoms with E-state index < -0.39 is 0 Å². The van der Waals surface area contributed by atoms with Crippen molar-refractivity contribution < 1.29 is 13.7 Å². The summed E-state index contributed by atoms with van der Waals surface area (Å²) in [5, 5.41) is 5.85. The van der Waals surface area contributed by atoms with Crippen molar-refractivity contribution in [2.75, 3.05) is 7.05 Å². The molecule has 0 atom stereocenters. The number of carbonyl (C=O) groups excluding carboxylic acids is 1. The second-order valence-electron chi connectivity index (χ2n) is 5.47. The Kier molecular flexibility index (Phi) is 5.60. The highest BCUT2D eigenvalue weighted by atomic mass is 79.9. The van der Waals surface area contributed by atoms with Crippen molar-refractivity contribution in [1.82, 2.24) is 15.0 Å². The minimum Gasteiger partial charge on any atom is -0.341 e. The van der Waals surface area contributed by atoms with Crippen LogP contribution in [0.25, 0.3) is 10.7 Å². The zero-order valence-electron chi connectivity index (χ0n) is 13.4. The van der Waals surface area contributed by atoms with Crippen LogP contribution in [-0.2, 0) is 17.8 Å². The van der Waals surface area contributed by atoms with Crippen molar-refractivity contribution in [3.05, 3.63) is 57.5 Å². The molecule has 0 saturated heterocycles. The zero-order valence-corrected chi connectivity index (χ0v) is 15.8. The average molecular weight is 424 g/mol. The second kappa shape index (κ2) is 7.88. The van der Waals surface area contributed by atoms with E-state index in [0.29, 0.717) is 23.7 Å². The van der Waals surface area contributed by atoms with Crippen LogP contribution in [0.15, 0.2) is 44.7 Å². The van der Waals surface area contributed by atoms with Crippen molar-refractivity contribution in [3.63, 3.8) is 0 Å². The first-order valence-corrected chi connectivity index (χ1v) is 9.24. The van der Waals surface area contributed by atoms with Gasteiger partial charge in [-0.25, -0.2) is 4.39 Å². The third-order valence-corrected chi connectivity index (χ3v) is 4.96. The molecule has 3 rings (SSSR count). The van der Waals surface area contributed by atoms with E-state index in [2.05, 4.69) is 26.1 Å². The van der Waals surface area contributed by atoms with E-state index in [0.717, 1.165) is 9.35 Å². The molecule has 0 bridgehead atoms. The molecule has 0 aliphatic heterocycles. The lowest BCUT2D eigenvalue weighted by Gasteiger charge is -2.17. The minimum atomic E-state index is -0.333. The third-order valence-electron chi connectivity index (χ3n) is 3.60. The van der Waals surface area contributed by atoms with E-state index in [-0.39, 0.29) is 24.7 Å².